The lowest BCUT2D eigenvalue weighted by Gasteiger charge is -2.14. The molecule has 144 valence electrons. The van der Waals surface area contributed by atoms with Gasteiger partial charge in [0.05, 0.1) is 20.6 Å². The molecule has 0 atom stereocenters. The Labute approximate surface area is 177 Å². The molecule has 3 rings (SSSR count). The Morgan fingerprint density at radius 1 is 0.893 bits per heavy atom. The summed E-state index contributed by atoms with van der Waals surface area (Å²) < 4.78 is 29.4. The summed E-state index contributed by atoms with van der Waals surface area (Å²) in [6.45, 7) is 0. The molecule has 5 nitrogen and oxygen atoms in total. The van der Waals surface area contributed by atoms with Gasteiger partial charge in [-0.15, -0.1) is 4.40 Å². The van der Waals surface area contributed by atoms with Gasteiger partial charge in [-0.2, -0.15) is 8.42 Å². The van der Waals surface area contributed by atoms with Crippen LogP contribution in [0.4, 0.5) is 5.69 Å². The first kappa shape index (κ1) is 20.5. The van der Waals surface area contributed by atoms with Gasteiger partial charge >= 0.3 is 0 Å². The van der Waals surface area contributed by atoms with Crippen LogP contribution in [0, 0.1) is 0 Å². The highest BCUT2D eigenvalue weighted by Gasteiger charge is 2.19. The molecule has 0 aliphatic heterocycles. The Kier molecular flexibility index (Phi) is 6.15. The number of nitrogens with zero attached hydrogens (tertiary/aromatic N) is 1. The minimum atomic E-state index is -4.00. The van der Waals surface area contributed by atoms with E-state index in [4.69, 9.17) is 34.8 Å². The van der Waals surface area contributed by atoms with E-state index in [0.717, 1.165) is 0 Å². The molecule has 2 N–H and O–H groups in total. The van der Waals surface area contributed by atoms with Crippen molar-refractivity contribution in [1.82, 2.24) is 0 Å². The number of anilines is 1. The maximum atomic E-state index is 12.7. The number of sulfonamides is 1. The standard InChI is InChI=1S/C19H13Cl3N2O3S/c20-14-11-15(16(21)17(22)18(14)25)23-19(12-7-3-1-4-8-12)24-28(26,27)13-9-5-2-6-10-13/h1-11,25H,(H,23,24). The van der Waals surface area contributed by atoms with Crippen molar-refractivity contribution in [3.05, 3.63) is 87.4 Å². The molecule has 9 heteroatoms. The van der Waals surface area contributed by atoms with Crippen molar-refractivity contribution >= 4 is 56.3 Å². The Morgan fingerprint density at radius 2 is 1.46 bits per heavy atom. The number of benzene rings is 3. The van der Waals surface area contributed by atoms with Gasteiger partial charge in [0.25, 0.3) is 10.0 Å². The second-order valence-electron chi connectivity index (χ2n) is 5.60. The molecule has 28 heavy (non-hydrogen) atoms. The zero-order valence-electron chi connectivity index (χ0n) is 14.1. The van der Waals surface area contributed by atoms with Crippen molar-refractivity contribution < 1.29 is 13.5 Å². The van der Waals surface area contributed by atoms with Gasteiger partial charge in [-0.3, -0.25) is 0 Å². The smallest absolute Gasteiger partial charge is 0.284 e. The molecule has 0 aliphatic carbocycles. The Hall–Kier alpha value is -2.25. The maximum absolute atomic E-state index is 12.7. The summed E-state index contributed by atoms with van der Waals surface area (Å²) in [4.78, 5) is 0.0399. The van der Waals surface area contributed by atoms with E-state index >= 15 is 0 Å². The van der Waals surface area contributed by atoms with Crippen molar-refractivity contribution in [1.29, 1.82) is 0 Å². The number of aromatic hydroxyl groups is 1. The number of amidine groups is 1. The highest BCUT2D eigenvalue weighted by Crippen LogP contribution is 2.42. The second-order valence-corrected chi connectivity index (χ2v) is 8.37. The molecule has 0 spiro atoms. The van der Waals surface area contributed by atoms with Crippen LogP contribution in [0.25, 0.3) is 0 Å². The zero-order chi connectivity index (χ0) is 20.3. The average molecular weight is 456 g/mol. The van der Waals surface area contributed by atoms with Crippen molar-refractivity contribution in [2.75, 3.05) is 5.32 Å². The van der Waals surface area contributed by atoms with Crippen molar-refractivity contribution in [3.8, 4) is 5.75 Å². The highest BCUT2D eigenvalue weighted by molar-refractivity contribution is 7.90. The molecular weight excluding hydrogens is 443 g/mol. The SMILES string of the molecule is O=S(=O)(/N=C(/Nc1cc(Cl)c(O)c(Cl)c1Cl)c1ccccc1)c1ccccc1. The molecular formula is C19H13Cl3N2O3S. The van der Waals surface area contributed by atoms with E-state index in [1.165, 1.54) is 18.2 Å². The van der Waals surface area contributed by atoms with Gasteiger partial charge in [0, 0.05) is 5.56 Å². The maximum Gasteiger partial charge on any atom is 0.284 e. The minimum Gasteiger partial charge on any atom is -0.505 e. The summed E-state index contributed by atoms with van der Waals surface area (Å²) >= 11 is 18.1. The van der Waals surface area contributed by atoms with Gasteiger partial charge in [0.15, 0.2) is 11.6 Å². The average Bonchev–Trinajstić information content (AvgIpc) is 2.71. The predicted molar refractivity (Wildman–Crippen MR) is 113 cm³/mol. The summed E-state index contributed by atoms with van der Waals surface area (Å²) in [6, 6.07) is 17.8. The molecule has 0 unspecified atom stereocenters. The summed E-state index contributed by atoms with van der Waals surface area (Å²) in [5, 5.41) is 12.4. The number of phenols is 1. The van der Waals surface area contributed by atoms with E-state index in [2.05, 4.69) is 9.71 Å². The van der Waals surface area contributed by atoms with Crippen LogP contribution in [0.15, 0.2) is 76.0 Å². The highest BCUT2D eigenvalue weighted by atomic mass is 35.5. The van der Waals surface area contributed by atoms with Crippen LogP contribution in [-0.2, 0) is 10.0 Å². The van der Waals surface area contributed by atoms with Crippen LogP contribution in [0.2, 0.25) is 15.1 Å². The topological polar surface area (TPSA) is 78.8 Å². The fraction of sp³-hybridized carbons (Fsp3) is 0. The van der Waals surface area contributed by atoms with E-state index < -0.39 is 10.0 Å². The van der Waals surface area contributed by atoms with Crippen LogP contribution < -0.4 is 5.32 Å². The number of phenolic OH excluding ortho intramolecular Hbond substituents is 1. The molecule has 0 amide bonds. The first-order chi connectivity index (χ1) is 13.3. The van der Waals surface area contributed by atoms with E-state index in [0.29, 0.717) is 5.56 Å². The number of nitrogens with one attached hydrogen (secondary N) is 1. The number of hydrogen-bond donors (Lipinski definition) is 2. The molecule has 0 saturated heterocycles. The lowest BCUT2D eigenvalue weighted by atomic mass is 10.2. The first-order valence-electron chi connectivity index (χ1n) is 7.88. The van der Waals surface area contributed by atoms with E-state index in [-0.39, 0.29) is 37.2 Å². The lowest BCUT2D eigenvalue weighted by molar-refractivity contribution is 0.476. The summed E-state index contributed by atoms with van der Waals surface area (Å²) in [6.07, 6.45) is 0. The van der Waals surface area contributed by atoms with Crippen molar-refractivity contribution in [2.45, 2.75) is 4.90 Å². The number of hydrogen-bond acceptors (Lipinski definition) is 3. The predicted octanol–water partition coefficient (Wildman–Crippen LogP) is 5.60. The quantitative estimate of drug-likeness (QED) is 0.232. The normalized spacial score (nSPS) is 12.0. The fourth-order valence-electron chi connectivity index (χ4n) is 2.31. The Balaban J connectivity index is 2.13. The molecule has 0 saturated carbocycles. The number of rotatable bonds is 4. The molecule has 0 heterocycles. The molecule has 0 radical (unpaired) electrons. The fourth-order valence-corrected chi connectivity index (χ4v) is 3.96. The van der Waals surface area contributed by atoms with E-state index in [9.17, 15) is 13.5 Å². The molecule has 3 aromatic carbocycles. The second kappa shape index (κ2) is 8.41. The van der Waals surface area contributed by atoms with Crippen LogP contribution >= 0.6 is 34.8 Å². The Bertz CT molecular complexity index is 1140. The Morgan fingerprint density at radius 3 is 2.07 bits per heavy atom. The monoisotopic (exact) mass is 454 g/mol. The molecule has 0 aliphatic rings. The molecule has 3 aromatic rings. The molecule has 0 bridgehead atoms. The third kappa shape index (κ3) is 4.42. The van der Waals surface area contributed by atoms with Gasteiger partial charge in [0.2, 0.25) is 0 Å². The molecule has 0 aromatic heterocycles. The molecule has 0 fully saturated rings. The van der Waals surface area contributed by atoms with Crippen LogP contribution in [0.1, 0.15) is 5.56 Å². The number of halogens is 3. The summed E-state index contributed by atoms with van der Waals surface area (Å²) in [5.41, 5.74) is 0.693. The van der Waals surface area contributed by atoms with Gasteiger partial charge in [0.1, 0.15) is 5.02 Å². The zero-order valence-corrected chi connectivity index (χ0v) is 17.2. The van der Waals surface area contributed by atoms with Crippen LogP contribution in [0.5, 0.6) is 5.75 Å². The van der Waals surface area contributed by atoms with Gasteiger partial charge in [-0.05, 0) is 18.2 Å². The summed E-state index contributed by atoms with van der Waals surface area (Å²) in [7, 11) is -4.00. The first-order valence-corrected chi connectivity index (χ1v) is 10.5. The van der Waals surface area contributed by atoms with Gasteiger partial charge in [-0.1, -0.05) is 83.3 Å². The van der Waals surface area contributed by atoms with Crippen LogP contribution in [0.3, 0.4) is 0 Å². The summed E-state index contributed by atoms with van der Waals surface area (Å²) in [5.74, 6) is -0.349. The third-order valence-electron chi connectivity index (χ3n) is 3.69. The van der Waals surface area contributed by atoms with Crippen LogP contribution in [-0.4, -0.2) is 19.4 Å². The minimum absolute atomic E-state index is 0.0178. The van der Waals surface area contributed by atoms with Gasteiger partial charge in [-0.25, -0.2) is 0 Å². The van der Waals surface area contributed by atoms with Crippen molar-refractivity contribution in [3.63, 3.8) is 0 Å². The lowest BCUT2D eigenvalue weighted by Crippen LogP contribution is -2.16. The third-order valence-corrected chi connectivity index (χ3v) is 6.12. The van der Waals surface area contributed by atoms with E-state index in [1.54, 1.807) is 48.5 Å². The van der Waals surface area contributed by atoms with Crippen molar-refractivity contribution in [2.24, 2.45) is 4.40 Å². The van der Waals surface area contributed by atoms with Gasteiger partial charge < -0.3 is 10.4 Å². The largest absolute Gasteiger partial charge is 0.505 e. The van der Waals surface area contributed by atoms with E-state index in [1.807, 2.05) is 0 Å².